The molecule has 0 aliphatic carbocycles. The first kappa shape index (κ1) is 80.1. The van der Waals surface area contributed by atoms with Gasteiger partial charge in [-0.1, -0.05) is 351 Å². The molecular formula is C77H140O6. The van der Waals surface area contributed by atoms with Gasteiger partial charge in [0.15, 0.2) is 6.10 Å². The second-order valence-corrected chi connectivity index (χ2v) is 24.8. The Labute approximate surface area is 517 Å². The zero-order valence-corrected chi connectivity index (χ0v) is 55.7. The lowest BCUT2D eigenvalue weighted by molar-refractivity contribution is -0.167. The van der Waals surface area contributed by atoms with Crippen molar-refractivity contribution in [2.45, 2.75) is 399 Å². The average Bonchev–Trinajstić information content (AvgIpc) is 3.49. The summed E-state index contributed by atoms with van der Waals surface area (Å²) in [6.45, 7) is 6.58. The Bertz CT molecular complexity index is 1470. The van der Waals surface area contributed by atoms with Gasteiger partial charge in [0, 0.05) is 19.3 Å². The van der Waals surface area contributed by atoms with E-state index in [9.17, 15) is 14.4 Å². The van der Waals surface area contributed by atoms with E-state index in [1.165, 1.54) is 250 Å². The summed E-state index contributed by atoms with van der Waals surface area (Å²) in [6, 6.07) is 0. The SMILES string of the molecule is CC/C=C\C/C=C\C/C=C\CCCCCCCC(=O)OCC(COC(=O)CCCCCCCCCCCCCCCCCCC/C=C\C/C=C\CCCCCCC)OC(=O)CCCCCCCCCCCCCCCCCCCCCCC. The molecule has 0 N–H and O–H groups in total. The summed E-state index contributed by atoms with van der Waals surface area (Å²) in [5.74, 6) is -0.865. The molecule has 0 aromatic carbocycles. The van der Waals surface area contributed by atoms with Crippen molar-refractivity contribution < 1.29 is 28.6 Å². The van der Waals surface area contributed by atoms with Gasteiger partial charge < -0.3 is 14.2 Å². The van der Waals surface area contributed by atoms with Gasteiger partial charge in [-0.3, -0.25) is 14.4 Å². The summed E-state index contributed by atoms with van der Waals surface area (Å²) >= 11 is 0. The van der Waals surface area contributed by atoms with Crippen molar-refractivity contribution >= 4 is 17.9 Å². The van der Waals surface area contributed by atoms with Gasteiger partial charge in [-0.15, -0.1) is 0 Å². The molecule has 0 spiro atoms. The monoisotopic (exact) mass is 1160 g/mol. The zero-order chi connectivity index (χ0) is 59.9. The van der Waals surface area contributed by atoms with Crippen molar-refractivity contribution in [2.75, 3.05) is 13.2 Å². The van der Waals surface area contributed by atoms with Gasteiger partial charge in [-0.25, -0.2) is 0 Å². The van der Waals surface area contributed by atoms with Crippen LogP contribution in [0, 0.1) is 0 Å². The molecule has 0 rings (SSSR count). The van der Waals surface area contributed by atoms with Crippen LogP contribution >= 0.6 is 0 Å². The van der Waals surface area contributed by atoms with E-state index in [0.29, 0.717) is 19.3 Å². The van der Waals surface area contributed by atoms with Crippen LogP contribution in [0.25, 0.3) is 0 Å². The summed E-state index contributed by atoms with van der Waals surface area (Å²) in [5, 5.41) is 0. The lowest BCUT2D eigenvalue weighted by Gasteiger charge is -2.18. The Kier molecular flexibility index (Phi) is 69.1. The van der Waals surface area contributed by atoms with E-state index in [1.54, 1.807) is 0 Å². The fourth-order valence-corrected chi connectivity index (χ4v) is 11.0. The van der Waals surface area contributed by atoms with Crippen molar-refractivity contribution in [3.05, 3.63) is 60.8 Å². The van der Waals surface area contributed by atoms with Gasteiger partial charge in [-0.2, -0.15) is 0 Å². The largest absolute Gasteiger partial charge is 0.462 e. The summed E-state index contributed by atoms with van der Waals surface area (Å²) in [6.07, 6.45) is 92.6. The lowest BCUT2D eigenvalue weighted by Crippen LogP contribution is -2.30. The van der Waals surface area contributed by atoms with E-state index in [2.05, 4.69) is 81.5 Å². The molecule has 1 atom stereocenters. The first-order valence-corrected chi connectivity index (χ1v) is 36.8. The Hall–Kier alpha value is -2.89. The third-order valence-corrected chi connectivity index (χ3v) is 16.5. The number of carbonyl (C=O) groups excluding carboxylic acids is 3. The molecule has 1 unspecified atom stereocenters. The van der Waals surface area contributed by atoms with Crippen LogP contribution in [-0.4, -0.2) is 37.2 Å². The minimum Gasteiger partial charge on any atom is -0.462 e. The predicted molar refractivity (Wildman–Crippen MR) is 362 cm³/mol. The minimum absolute atomic E-state index is 0.0749. The number of allylic oxidation sites excluding steroid dienone is 10. The number of carbonyl (C=O) groups is 3. The summed E-state index contributed by atoms with van der Waals surface area (Å²) < 4.78 is 17.0. The molecule has 0 aromatic rings. The van der Waals surface area contributed by atoms with Crippen LogP contribution in [0.4, 0.5) is 0 Å². The second-order valence-electron chi connectivity index (χ2n) is 24.8. The highest BCUT2D eigenvalue weighted by Crippen LogP contribution is 2.19. The Morgan fingerprint density at radius 2 is 0.470 bits per heavy atom. The highest BCUT2D eigenvalue weighted by atomic mass is 16.6. The van der Waals surface area contributed by atoms with E-state index in [-0.39, 0.29) is 31.1 Å². The summed E-state index contributed by atoms with van der Waals surface area (Å²) in [7, 11) is 0. The smallest absolute Gasteiger partial charge is 0.306 e. The van der Waals surface area contributed by atoms with Gasteiger partial charge in [0.25, 0.3) is 0 Å². The van der Waals surface area contributed by atoms with E-state index in [4.69, 9.17) is 14.2 Å². The van der Waals surface area contributed by atoms with E-state index in [0.717, 1.165) is 103 Å². The van der Waals surface area contributed by atoms with Gasteiger partial charge in [0.1, 0.15) is 13.2 Å². The maximum absolute atomic E-state index is 13.0. The molecule has 0 heterocycles. The molecule has 0 aliphatic rings. The first-order chi connectivity index (χ1) is 41.0. The van der Waals surface area contributed by atoms with Crippen LogP contribution in [0.15, 0.2) is 60.8 Å². The normalized spacial score (nSPS) is 12.4. The molecule has 6 nitrogen and oxygen atoms in total. The maximum atomic E-state index is 13.0. The van der Waals surface area contributed by atoms with Crippen molar-refractivity contribution in [1.82, 2.24) is 0 Å². The van der Waals surface area contributed by atoms with Crippen LogP contribution in [-0.2, 0) is 28.6 Å². The van der Waals surface area contributed by atoms with Crippen LogP contribution < -0.4 is 0 Å². The average molecular weight is 1160 g/mol. The number of hydrogen-bond acceptors (Lipinski definition) is 6. The Morgan fingerprint density at radius 3 is 0.735 bits per heavy atom. The van der Waals surface area contributed by atoms with Gasteiger partial charge in [0.05, 0.1) is 0 Å². The highest BCUT2D eigenvalue weighted by molar-refractivity contribution is 5.71. The summed E-state index contributed by atoms with van der Waals surface area (Å²) in [5.41, 5.74) is 0. The van der Waals surface area contributed by atoms with Crippen LogP contribution in [0.2, 0.25) is 0 Å². The second kappa shape index (κ2) is 71.6. The fourth-order valence-electron chi connectivity index (χ4n) is 11.0. The van der Waals surface area contributed by atoms with E-state index < -0.39 is 6.10 Å². The molecule has 83 heavy (non-hydrogen) atoms. The molecule has 484 valence electrons. The number of ether oxygens (including phenoxy) is 3. The molecule has 0 amide bonds. The fraction of sp³-hybridized carbons (Fsp3) is 0.831. The Morgan fingerprint density at radius 1 is 0.253 bits per heavy atom. The quantitative estimate of drug-likeness (QED) is 0.0261. The molecule has 0 aromatic heterocycles. The number of hydrogen-bond donors (Lipinski definition) is 0. The van der Waals surface area contributed by atoms with Crippen LogP contribution in [0.1, 0.15) is 393 Å². The molecule has 0 saturated heterocycles. The zero-order valence-electron chi connectivity index (χ0n) is 55.7. The van der Waals surface area contributed by atoms with Crippen LogP contribution in [0.3, 0.4) is 0 Å². The topological polar surface area (TPSA) is 78.9 Å². The highest BCUT2D eigenvalue weighted by Gasteiger charge is 2.19. The van der Waals surface area contributed by atoms with Gasteiger partial charge in [0.2, 0.25) is 0 Å². The van der Waals surface area contributed by atoms with Gasteiger partial charge in [-0.05, 0) is 83.5 Å². The molecular weight excluding hydrogens is 1020 g/mol. The number of rotatable bonds is 68. The lowest BCUT2D eigenvalue weighted by atomic mass is 10.0. The minimum atomic E-state index is -0.781. The molecule has 0 bridgehead atoms. The number of esters is 3. The molecule has 6 heteroatoms. The molecule has 0 fully saturated rings. The molecule has 0 radical (unpaired) electrons. The van der Waals surface area contributed by atoms with E-state index >= 15 is 0 Å². The van der Waals surface area contributed by atoms with Crippen LogP contribution in [0.5, 0.6) is 0 Å². The molecule has 0 aliphatic heterocycles. The maximum Gasteiger partial charge on any atom is 0.306 e. The summed E-state index contributed by atoms with van der Waals surface area (Å²) in [4.78, 5) is 38.5. The molecule has 0 saturated carbocycles. The van der Waals surface area contributed by atoms with Gasteiger partial charge >= 0.3 is 17.9 Å². The first-order valence-electron chi connectivity index (χ1n) is 36.8. The van der Waals surface area contributed by atoms with Crippen molar-refractivity contribution in [2.24, 2.45) is 0 Å². The van der Waals surface area contributed by atoms with Crippen molar-refractivity contribution in [3.63, 3.8) is 0 Å². The standard InChI is InChI=1S/C77H140O6/c1-4-7-10-13-16-19-22-25-28-30-32-34-35-36-37-38-39-40-41-43-44-46-49-52-55-58-61-64-67-70-76(79)82-73-74(72-81-75(78)69-66-63-60-57-54-51-48-27-24-21-18-15-12-9-6-3)83-77(80)71-68-65-62-59-56-53-50-47-45-42-33-31-29-26-23-20-17-14-11-8-5-2/h9,12,18,21-22,25,27,30,32,48,74H,4-8,10-11,13-17,19-20,23-24,26,28-29,31,33-47,49-73H2,1-3H3/b12-9-,21-18-,25-22-,32-30-,48-27-. The van der Waals surface area contributed by atoms with Crippen molar-refractivity contribution in [3.8, 4) is 0 Å². The third kappa shape index (κ3) is 69.8. The van der Waals surface area contributed by atoms with E-state index in [1.807, 2.05) is 0 Å². The third-order valence-electron chi connectivity index (χ3n) is 16.5. The Balaban J connectivity index is 4.23. The number of unbranched alkanes of at least 4 members (excludes halogenated alkanes) is 47. The van der Waals surface area contributed by atoms with Crippen molar-refractivity contribution in [1.29, 1.82) is 0 Å². The predicted octanol–water partition coefficient (Wildman–Crippen LogP) is 25.5.